The molecule has 0 saturated heterocycles. The molecule has 0 aromatic carbocycles. The van der Waals surface area contributed by atoms with Gasteiger partial charge in [0.2, 0.25) is 5.91 Å². The van der Waals surface area contributed by atoms with E-state index in [2.05, 4.69) is 32.7 Å². The number of carbonyl (C=O) groups is 3. The highest BCUT2D eigenvalue weighted by Gasteiger charge is 2.68. The molecule has 1 amide bonds. The van der Waals surface area contributed by atoms with E-state index >= 15 is 0 Å². The molecule has 3 aliphatic rings. The van der Waals surface area contributed by atoms with Crippen LogP contribution in [0.1, 0.15) is 73.6 Å². The van der Waals surface area contributed by atoms with Gasteiger partial charge in [0.15, 0.2) is 0 Å². The summed E-state index contributed by atoms with van der Waals surface area (Å²) in [5.41, 5.74) is 4.60. The lowest BCUT2D eigenvalue weighted by atomic mass is 9.44. The van der Waals surface area contributed by atoms with Crippen molar-refractivity contribution < 1.29 is 24.2 Å². The van der Waals surface area contributed by atoms with Crippen molar-refractivity contribution in [3.63, 3.8) is 0 Å². The largest absolute Gasteiger partial charge is 0.461 e. The monoisotopic (exact) mass is 522 g/mol. The lowest BCUT2D eigenvalue weighted by Crippen LogP contribution is -2.63. The van der Waals surface area contributed by atoms with Gasteiger partial charge in [0.1, 0.15) is 11.9 Å². The van der Waals surface area contributed by atoms with E-state index < -0.39 is 39.8 Å². The number of likely N-dealkylation sites (N-methyl/N-ethyl adjacent to an activating group) is 1. The number of esters is 1. The minimum Gasteiger partial charge on any atom is -0.461 e. The average molecular weight is 523 g/mol. The highest BCUT2D eigenvalue weighted by molar-refractivity contribution is 8.01. The molecule has 0 aromatic rings. The maximum Gasteiger partial charge on any atom is 0.316 e. The summed E-state index contributed by atoms with van der Waals surface area (Å²) in [7, 11) is 1.54. The van der Waals surface area contributed by atoms with Gasteiger partial charge in [0.05, 0.1) is 17.9 Å². The highest BCUT2D eigenvalue weighted by atomic mass is 32.2. The van der Waals surface area contributed by atoms with Gasteiger partial charge in [-0.1, -0.05) is 33.8 Å². The number of aliphatic hydroxyl groups is 1. The Balaban J connectivity index is 1.95. The SMILES string of the molecule is C=C[C@]1(C)C[C@@H](OC(=O)CSC(C)(C)C(N)C(=O)NC)[C@@]2(C)C3C(=O)CCC3(CC[C@H]2C)[C@@H](C)C1O. The van der Waals surface area contributed by atoms with Gasteiger partial charge in [0, 0.05) is 35.0 Å². The number of carbonyl (C=O) groups excluding carboxylic acids is 3. The molecule has 4 unspecified atom stereocenters. The van der Waals surface area contributed by atoms with Crippen LogP contribution in [0.25, 0.3) is 0 Å². The van der Waals surface area contributed by atoms with Crippen LogP contribution in [0.15, 0.2) is 12.7 Å². The fourth-order valence-electron chi connectivity index (χ4n) is 7.50. The minimum absolute atomic E-state index is 0.0339. The Bertz CT molecular complexity index is 908. The van der Waals surface area contributed by atoms with Crippen molar-refractivity contribution in [2.24, 2.45) is 39.7 Å². The summed E-state index contributed by atoms with van der Waals surface area (Å²) in [6, 6.07) is -0.782. The van der Waals surface area contributed by atoms with Crippen molar-refractivity contribution in [2.75, 3.05) is 12.8 Å². The molecule has 204 valence electrons. The molecule has 3 saturated carbocycles. The van der Waals surface area contributed by atoms with Crippen LogP contribution in [-0.2, 0) is 19.1 Å². The van der Waals surface area contributed by atoms with E-state index in [0.29, 0.717) is 12.8 Å². The fourth-order valence-corrected chi connectivity index (χ4v) is 8.34. The molecule has 3 rings (SSSR count). The number of aliphatic hydroxyl groups excluding tert-OH is 1. The van der Waals surface area contributed by atoms with E-state index in [1.807, 2.05) is 20.8 Å². The summed E-state index contributed by atoms with van der Waals surface area (Å²) >= 11 is 1.29. The van der Waals surface area contributed by atoms with E-state index in [0.717, 1.165) is 19.3 Å². The molecule has 0 aliphatic heterocycles. The van der Waals surface area contributed by atoms with Crippen LogP contribution in [-0.4, -0.2) is 58.6 Å². The first-order valence-electron chi connectivity index (χ1n) is 13.3. The van der Waals surface area contributed by atoms with Gasteiger partial charge in [-0.05, 0) is 56.8 Å². The Morgan fingerprint density at radius 2 is 1.97 bits per heavy atom. The second-order valence-electron chi connectivity index (χ2n) is 12.5. The van der Waals surface area contributed by atoms with Crippen LogP contribution in [0.3, 0.4) is 0 Å². The first-order chi connectivity index (χ1) is 16.6. The standard InChI is InChI=1S/C28H46N2O5S/c1-9-26(6)14-19(35-20(32)15-36-25(4,5)22(29)24(34)30-8)27(7)16(2)10-12-28(17(3)23(26)33)13-11-18(31)21(27)28/h9,16-17,19,21-23,33H,1,10-15,29H2,2-8H3,(H,30,34)/t16-,17+,19-,21?,22?,23?,26-,27+,28?/m1/s1. The maximum absolute atomic E-state index is 13.5. The molecule has 8 heteroatoms. The van der Waals surface area contributed by atoms with Crippen molar-refractivity contribution in [1.29, 1.82) is 0 Å². The summed E-state index contributed by atoms with van der Waals surface area (Å²) in [4.78, 5) is 38.8. The molecule has 3 fully saturated rings. The lowest BCUT2D eigenvalue weighted by molar-refractivity contribution is -0.205. The Hall–Kier alpha value is -1.38. The number of ketones is 1. The van der Waals surface area contributed by atoms with Crippen molar-refractivity contribution in [3.05, 3.63) is 12.7 Å². The second-order valence-corrected chi connectivity index (χ2v) is 14.2. The molecular formula is C28H46N2O5S. The number of Topliss-reactive ketones (excluding diaryl/α,β-unsaturated/α-hetero) is 1. The zero-order chi connectivity index (χ0) is 27.3. The quantitative estimate of drug-likeness (QED) is 0.346. The smallest absolute Gasteiger partial charge is 0.316 e. The zero-order valence-electron chi connectivity index (χ0n) is 23.1. The summed E-state index contributed by atoms with van der Waals surface area (Å²) < 4.78 is 5.59. The molecule has 36 heavy (non-hydrogen) atoms. The van der Waals surface area contributed by atoms with Gasteiger partial charge >= 0.3 is 5.97 Å². The molecule has 0 spiro atoms. The molecule has 0 aromatic heterocycles. The topological polar surface area (TPSA) is 119 Å². The summed E-state index contributed by atoms with van der Waals surface area (Å²) in [5.74, 6) is -0.556. The number of rotatable bonds is 7. The Morgan fingerprint density at radius 3 is 2.56 bits per heavy atom. The number of thioether (sulfide) groups is 1. The molecule has 0 radical (unpaired) electrons. The molecule has 2 bridgehead atoms. The van der Waals surface area contributed by atoms with Crippen LogP contribution in [0, 0.1) is 34.0 Å². The molecular weight excluding hydrogens is 476 g/mol. The first kappa shape index (κ1) is 29.2. The van der Waals surface area contributed by atoms with Crippen LogP contribution >= 0.6 is 11.8 Å². The fraction of sp³-hybridized carbons (Fsp3) is 0.821. The van der Waals surface area contributed by atoms with Crippen molar-refractivity contribution in [3.8, 4) is 0 Å². The van der Waals surface area contributed by atoms with E-state index in [1.54, 1.807) is 6.08 Å². The molecule has 3 aliphatic carbocycles. The van der Waals surface area contributed by atoms with Crippen molar-refractivity contribution >= 4 is 29.4 Å². The highest BCUT2D eigenvalue weighted by Crippen LogP contribution is 2.68. The number of hydrogen-bond acceptors (Lipinski definition) is 7. The maximum atomic E-state index is 13.5. The van der Waals surface area contributed by atoms with Crippen LogP contribution in [0.5, 0.6) is 0 Å². The van der Waals surface area contributed by atoms with Gasteiger partial charge in [-0.15, -0.1) is 18.3 Å². The van der Waals surface area contributed by atoms with Crippen LogP contribution in [0.4, 0.5) is 0 Å². The molecule has 7 nitrogen and oxygen atoms in total. The molecule has 0 heterocycles. The third-order valence-electron chi connectivity index (χ3n) is 10.4. The van der Waals surface area contributed by atoms with Crippen molar-refractivity contribution in [1.82, 2.24) is 5.32 Å². The predicted octanol–water partition coefficient (Wildman–Crippen LogP) is 3.48. The third-order valence-corrected chi connectivity index (χ3v) is 11.8. The Morgan fingerprint density at radius 1 is 1.33 bits per heavy atom. The number of ether oxygens (including phenoxy) is 1. The van der Waals surface area contributed by atoms with Crippen molar-refractivity contribution in [2.45, 2.75) is 96.6 Å². The first-order valence-corrected chi connectivity index (χ1v) is 14.2. The molecule has 4 N–H and O–H groups in total. The second kappa shape index (κ2) is 10.1. The number of hydrogen-bond donors (Lipinski definition) is 3. The average Bonchev–Trinajstić information content (AvgIpc) is 3.20. The van der Waals surface area contributed by atoms with Gasteiger partial charge < -0.3 is 20.9 Å². The van der Waals surface area contributed by atoms with Gasteiger partial charge in [0.25, 0.3) is 0 Å². The summed E-state index contributed by atoms with van der Waals surface area (Å²) in [6.07, 6.45) is 4.07. The van der Waals surface area contributed by atoms with Gasteiger partial charge in [-0.3, -0.25) is 14.4 Å². The van der Waals surface area contributed by atoms with E-state index in [1.165, 1.54) is 18.8 Å². The summed E-state index contributed by atoms with van der Waals surface area (Å²) in [5, 5.41) is 14.2. The van der Waals surface area contributed by atoms with E-state index in [4.69, 9.17) is 10.5 Å². The molecule has 9 atom stereocenters. The third kappa shape index (κ3) is 4.55. The zero-order valence-corrected chi connectivity index (χ0v) is 23.9. The normalized spacial score (nSPS) is 41.5. The number of nitrogens with two attached hydrogens (primary N) is 1. The number of amides is 1. The summed E-state index contributed by atoms with van der Waals surface area (Å²) in [6.45, 7) is 16.1. The van der Waals surface area contributed by atoms with Crippen LogP contribution < -0.4 is 11.1 Å². The minimum atomic E-state index is -0.782. The predicted molar refractivity (Wildman–Crippen MR) is 143 cm³/mol. The van der Waals surface area contributed by atoms with Gasteiger partial charge in [-0.2, -0.15) is 0 Å². The van der Waals surface area contributed by atoms with Crippen LogP contribution in [0.2, 0.25) is 0 Å². The Kier molecular flexibility index (Phi) is 8.16. The van der Waals surface area contributed by atoms with E-state index in [-0.39, 0.29) is 40.6 Å². The number of nitrogens with one attached hydrogen (secondary N) is 1. The van der Waals surface area contributed by atoms with Gasteiger partial charge in [-0.25, -0.2) is 0 Å². The Labute approximate surface area is 220 Å². The van der Waals surface area contributed by atoms with E-state index in [9.17, 15) is 19.5 Å². The lowest BCUT2D eigenvalue weighted by Gasteiger charge is -2.61.